The van der Waals surface area contributed by atoms with E-state index in [0.29, 0.717) is 0 Å². The summed E-state index contributed by atoms with van der Waals surface area (Å²) in [5, 5.41) is 2.12. The molecule has 0 spiro atoms. The number of hydrogen-bond acceptors (Lipinski definition) is 5. The summed E-state index contributed by atoms with van der Waals surface area (Å²) in [4.78, 5) is 27.9. The first kappa shape index (κ1) is 29.6. The quantitative estimate of drug-likeness (QED) is 0.251. The van der Waals surface area contributed by atoms with Gasteiger partial charge in [-0.05, 0) is 34.2 Å². The fourth-order valence-electron chi connectivity index (χ4n) is 6.13. The molecule has 2 aromatic rings. The third-order valence-corrected chi connectivity index (χ3v) is 12.9. The Morgan fingerprint density at radius 3 is 1.97 bits per heavy atom. The lowest BCUT2D eigenvalue weighted by Crippen LogP contribution is -2.69. The maximum atomic E-state index is 13.3. The lowest BCUT2D eigenvalue weighted by atomic mass is 9.76. The molecular formula is C31H43NO5Si. The molecule has 1 heterocycles. The highest BCUT2D eigenvalue weighted by atomic mass is 28.4. The second-order valence-corrected chi connectivity index (χ2v) is 15.4. The Labute approximate surface area is 229 Å². The molecule has 0 bridgehead atoms. The van der Waals surface area contributed by atoms with Crippen molar-refractivity contribution < 1.29 is 23.5 Å². The van der Waals surface area contributed by atoms with Crippen LogP contribution in [0, 0.1) is 11.8 Å². The molecule has 1 saturated heterocycles. The molecule has 0 unspecified atom stereocenters. The van der Waals surface area contributed by atoms with Crippen LogP contribution in [0.3, 0.4) is 0 Å². The number of carbonyl (C=O) groups excluding carboxylic acids is 2. The van der Waals surface area contributed by atoms with Crippen molar-refractivity contribution in [2.45, 2.75) is 64.1 Å². The first-order chi connectivity index (χ1) is 18.2. The molecule has 0 saturated carbocycles. The van der Waals surface area contributed by atoms with Gasteiger partial charge in [0.05, 0.1) is 26.9 Å². The first-order valence-electron chi connectivity index (χ1n) is 13.5. The molecule has 3 rings (SSSR count). The van der Waals surface area contributed by atoms with E-state index in [9.17, 15) is 9.59 Å². The van der Waals surface area contributed by atoms with Crippen LogP contribution in [0.1, 0.15) is 47.0 Å². The van der Waals surface area contributed by atoms with Gasteiger partial charge in [0.1, 0.15) is 6.04 Å². The Kier molecular flexibility index (Phi) is 9.96. The van der Waals surface area contributed by atoms with Crippen molar-refractivity contribution in [3.8, 4) is 0 Å². The molecule has 1 fully saturated rings. The van der Waals surface area contributed by atoms with E-state index in [2.05, 4.69) is 82.8 Å². The Morgan fingerprint density at radius 1 is 1.00 bits per heavy atom. The zero-order chi connectivity index (χ0) is 27.9. The van der Waals surface area contributed by atoms with Crippen LogP contribution in [0.4, 0.5) is 4.79 Å². The first-order valence-corrected chi connectivity index (χ1v) is 15.4. The van der Waals surface area contributed by atoms with Gasteiger partial charge in [-0.1, -0.05) is 101 Å². The van der Waals surface area contributed by atoms with Crippen LogP contribution in [0.25, 0.3) is 0 Å². The highest BCUT2D eigenvalue weighted by Crippen LogP contribution is 2.40. The van der Waals surface area contributed by atoms with E-state index in [4.69, 9.17) is 13.9 Å². The van der Waals surface area contributed by atoms with Gasteiger partial charge in [0.25, 0.3) is 8.32 Å². The molecule has 1 amide bonds. The lowest BCUT2D eigenvalue weighted by Gasteiger charge is -2.49. The van der Waals surface area contributed by atoms with Gasteiger partial charge in [0.15, 0.2) is 0 Å². The monoisotopic (exact) mass is 537 g/mol. The molecule has 1 aliphatic heterocycles. The van der Waals surface area contributed by atoms with Crippen molar-refractivity contribution in [3.63, 3.8) is 0 Å². The molecule has 6 nitrogen and oxygen atoms in total. The third-order valence-electron chi connectivity index (χ3n) is 7.86. The summed E-state index contributed by atoms with van der Waals surface area (Å²) in [7, 11) is -0.157. The number of ether oxygens (including phenoxy) is 2. The normalized spacial score (nSPS) is 22.0. The summed E-state index contributed by atoms with van der Waals surface area (Å²) in [6.45, 7) is 13.1. The second kappa shape index (κ2) is 12.8. The van der Waals surface area contributed by atoms with Crippen LogP contribution in [-0.2, 0) is 18.7 Å². The molecule has 4 atom stereocenters. The Balaban J connectivity index is 2.16. The van der Waals surface area contributed by atoms with Gasteiger partial charge >= 0.3 is 12.1 Å². The maximum Gasteiger partial charge on any atom is 0.410 e. The molecule has 1 aliphatic rings. The van der Waals surface area contributed by atoms with Crippen LogP contribution in [0.15, 0.2) is 73.3 Å². The number of rotatable bonds is 9. The number of hydrogen-bond donors (Lipinski definition) is 0. The van der Waals surface area contributed by atoms with Crippen LogP contribution in [-0.4, -0.2) is 58.2 Å². The fourth-order valence-corrected chi connectivity index (χ4v) is 10.7. The number of esters is 1. The molecule has 38 heavy (non-hydrogen) atoms. The minimum atomic E-state index is -2.86. The summed E-state index contributed by atoms with van der Waals surface area (Å²) < 4.78 is 17.6. The fraction of sp³-hybridized carbons (Fsp3) is 0.484. The average molecular weight is 538 g/mol. The van der Waals surface area contributed by atoms with E-state index in [1.807, 2.05) is 12.1 Å². The molecule has 0 aromatic heterocycles. The van der Waals surface area contributed by atoms with E-state index in [1.54, 1.807) is 11.0 Å². The number of likely N-dealkylation sites (tertiary alicyclic amines) is 1. The largest absolute Gasteiger partial charge is 0.467 e. The molecule has 0 aliphatic carbocycles. The molecular weight excluding hydrogens is 494 g/mol. The van der Waals surface area contributed by atoms with Gasteiger partial charge < -0.3 is 13.9 Å². The average Bonchev–Trinajstić information content (AvgIpc) is 2.93. The number of carbonyl (C=O) groups is 2. The van der Waals surface area contributed by atoms with Crippen LogP contribution >= 0.6 is 0 Å². The second-order valence-electron chi connectivity index (χ2n) is 11.1. The number of piperidine rings is 1. The maximum absolute atomic E-state index is 13.3. The summed E-state index contributed by atoms with van der Waals surface area (Å²) in [6.07, 6.45) is 3.77. The minimum absolute atomic E-state index is 0.112. The summed E-state index contributed by atoms with van der Waals surface area (Å²) in [6, 6.07) is 19.7. The Morgan fingerprint density at radius 2 is 1.55 bits per heavy atom. The van der Waals surface area contributed by atoms with Crippen LogP contribution in [0.5, 0.6) is 0 Å². The van der Waals surface area contributed by atoms with Gasteiger partial charge in [0, 0.05) is 5.92 Å². The zero-order valence-corrected chi connectivity index (χ0v) is 24.7. The van der Waals surface area contributed by atoms with Crippen molar-refractivity contribution >= 4 is 30.8 Å². The van der Waals surface area contributed by atoms with Gasteiger partial charge in [-0.25, -0.2) is 9.59 Å². The van der Waals surface area contributed by atoms with E-state index in [1.165, 1.54) is 24.6 Å². The molecule has 7 heteroatoms. The standard InChI is InChI=1S/C31H43NO5Si/c1-8-16-24-21-23(9-2)28(29(33)35-6)32(30(34)36-7)27(24)22-37-38(31(3,4)5,25-17-12-10-13-18-25)26-19-14-11-15-20-26/h9-15,17-20,23-24,27-28H,2,8,16,21-22H2,1,3-7H3/t23-,24-,27-,28-/m1/s1. The number of nitrogens with zero attached hydrogens (tertiary/aromatic N) is 1. The molecule has 0 radical (unpaired) electrons. The van der Waals surface area contributed by atoms with E-state index >= 15 is 0 Å². The Hall–Kier alpha value is -2.90. The van der Waals surface area contributed by atoms with Crippen molar-refractivity contribution in [3.05, 3.63) is 73.3 Å². The molecule has 2 aromatic carbocycles. The number of amides is 1. The Bertz CT molecular complexity index is 1030. The summed E-state index contributed by atoms with van der Waals surface area (Å²) in [5.74, 6) is -0.589. The van der Waals surface area contributed by atoms with Crippen molar-refractivity contribution in [2.75, 3.05) is 20.8 Å². The van der Waals surface area contributed by atoms with Crippen molar-refractivity contribution in [1.82, 2.24) is 4.90 Å². The lowest BCUT2D eigenvalue weighted by molar-refractivity contribution is -0.152. The van der Waals surface area contributed by atoms with E-state index < -0.39 is 26.4 Å². The van der Waals surface area contributed by atoms with Crippen molar-refractivity contribution in [2.24, 2.45) is 11.8 Å². The topological polar surface area (TPSA) is 65.1 Å². The van der Waals surface area contributed by atoms with Crippen LogP contribution in [0.2, 0.25) is 5.04 Å². The van der Waals surface area contributed by atoms with E-state index in [-0.39, 0.29) is 29.5 Å². The van der Waals surface area contributed by atoms with Gasteiger partial charge in [-0.2, -0.15) is 0 Å². The van der Waals surface area contributed by atoms with Gasteiger partial charge in [-0.15, -0.1) is 6.58 Å². The summed E-state index contributed by atoms with van der Waals surface area (Å²) in [5.41, 5.74) is 0. The SMILES string of the molecule is C=C[C@@H]1C[C@@H](CCC)[C@@H](CO[Si](c2ccccc2)(c2ccccc2)C(C)(C)C)N(C(=O)OC)[C@H]1C(=O)OC. The number of methoxy groups -OCH3 is 2. The predicted molar refractivity (Wildman–Crippen MR) is 154 cm³/mol. The minimum Gasteiger partial charge on any atom is -0.467 e. The van der Waals surface area contributed by atoms with Gasteiger partial charge in [0.2, 0.25) is 0 Å². The predicted octanol–water partition coefficient (Wildman–Crippen LogP) is 5.16. The van der Waals surface area contributed by atoms with Crippen molar-refractivity contribution in [1.29, 1.82) is 0 Å². The molecule has 0 N–H and O–H groups in total. The summed E-state index contributed by atoms with van der Waals surface area (Å²) >= 11 is 0. The smallest absolute Gasteiger partial charge is 0.410 e. The van der Waals surface area contributed by atoms with Crippen LogP contribution < -0.4 is 10.4 Å². The zero-order valence-electron chi connectivity index (χ0n) is 23.7. The van der Waals surface area contributed by atoms with E-state index in [0.717, 1.165) is 19.3 Å². The highest BCUT2D eigenvalue weighted by molar-refractivity contribution is 6.99. The third kappa shape index (κ3) is 5.74. The molecule has 206 valence electrons. The number of benzene rings is 2. The van der Waals surface area contributed by atoms with Gasteiger partial charge in [-0.3, -0.25) is 4.90 Å². The highest BCUT2D eigenvalue weighted by Gasteiger charge is 2.53.